The molecule has 0 spiro atoms. The van der Waals surface area contributed by atoms with E-state index in [0.29, 0.717) is 19.4 Å². The van der Waals surface area contributed by atoms with Crippen LogP contribution < -0.4 is 5.32 Å². The van der Waals surface area contributed by atoms with E-state index < -0.39 is 0 Å². The second-order valence-corrected chi connectivity index (χ2v) is 3.99. The normalized spacial score (nSPS) is 10.3. The minimum atomic E-state index is -0.294. The smallest absolute Gasteiger partial charge is 0.220 e. The lowest BCUT2D eigenvalue weighted by Crippen LogP contribution is -2.22. The Morgan fingerprint density at radius 2 is 2.17 bits per heavy atom. The molecule has 0 saturated heterocycles. The third-order valence-corrected chi connectivity index (χ3v) is 2.56. The van der Waals surface area contributed by atoms with Crippen LogP contribution in [0.1, 0.15) is 17.7 Å². The quantitative estimate of drug-likeness (QED) is 0.882. The second kappa shape index (κ2) is 6.00. The van der Waals surface area contributed by atoms with Crippen LogP contribution in [0.5, 0.6) is 0 Å². The number of benzene rings is 1. The van der Waals surface area contributed by atoms with E-state index in [9.17, 15) is 9.18 Å². The molecule has 0 bridgehead atoms. The van der Waals surface area contributed by atoms with Crippen molar-refractivity contribution in [1.82, 2.24) is 5.32 Å². The highest BCUT2D eigenvalue weighted by Gasteiger charge is 2.04. The number of carbonyl (C=O) groups is 1. The van der Waals surface area contributed by atoms with Crippen molar-refractivity contribution < 1.29 is 13.6 Å². The van der Waals surface area contributed by atoms with Crippen LogP contribution in [0.2, 0.25) is 0 Å². The summed E-state index contributed by atoms with van der Waals surface area (Å²) < 4.78 is 18.0. The second-order valence-electron chi connectivity index (χ2n) is 3.99. The molecule has 4 heteroatoms. The molecule has 0 aliphatic heterocycles. The van der Waals surface area contributed by atoms with Crippen molar-refractivity contribution in [2.45, 2.75) is 19.4 Å². The summed E-state index contributed by atoms with van der Waals surface area (Å²) in [4.78, 5) is 11.5. The van der Waals surface area contributed by atoms with E-state index >= 15 is 0 Å². The van der Waals surface area contributed by atoms with E-state index in [0.717, 1.165) is 11.3 Å². The highest BCUT2D eigenvalue weighted by Crippen LogP contribution is 2.05. The van der Waals surface area contributed by atoms with Crippen molar-refractivity contribution in [3.05, 3.63) is 59.8 Å². The molecular formula is C14H14FNO2. The van der Waals surface area contributed by atoms with Gasteiger partial charge in [-0.2, -0.15) is 0 Å². The first-order valence-electron chi connectivity index (χ1n) is 5.77. The topological polar surface area (TPSA) is 42.2 Å². The molecule has 2 aromatic rings. The molecular weight excluding hydrogens is 233 g/mol. The number of amides is 1. The van der Waals surface area contributed by atoms with Crippen LogP contribution in [0, 0.1) is 5.82 Å². The standard InChI is InChI=1S/C14H14FNO2/c15-12-4-1-3-11(9-12)10-16-14(17)7-6-13-5-2-8-18-13/h1-5,8-9H,6-7,10H2,(H,16,17). The van der Waals surface area contributed by atoms with Gasteiger partial charge in [-0.3, -0.25) is 4.79 Å². The number of nitrogens with one attached hydrogen (secondary N) is 1. The first-order chi connectivity index (χ1) is 8.74. The third kappa shape index (κ3) is 3.73. The number of furan rings is 1. The maximum Gasteiger partial charge on any atom is 0.220 e. The molecule has 1 aromatic heterocycles. The van der Waals surface area contributed by atoms with Crippen LogP contribution in [-0.2, 0) is 17.8 Å². The minimum absolute atomic E-state index is 0.0735. The fourth-order valence-corrected chi connectivity index (χ4v) is 1.63. The number of hydrogen-bond acceptors (Lipinski definition) is 2. The summed E-state index contributed by atoms with van der Waals surface area (Å²) in [5.74, 6) is 0.420. The third-order valence-electron chi connectivity index (χ3n) is 2.56. The Morgan fingerprint density at radius 3 is 2.89 bits per heavy atom. The first-order valence-corrected chi connectivity index (χ1v) is 5.77. The number of halogens is 1. The van der Waals surface area contributed by atoms with Crippen LogP contribution in [-0.4, -0.2) is 5.91 Å². The zero-order valence-corrected chi connectivity index (χ0v) is 9.86. The first kappa shape index (κ1) is 12.4. The Hall–Kier alpha value is -2.10. The number of hydrogen-bond donors (Lipinski definition) is 1. The molecule has 1 N–H and O–H groups in total. The zero-order valence-electron chi connectivity index (χ0n) is 9.86. The average Bonchev–Trinajstić information content (AvgIpc) is 2.87. The zero-order chi connectivity index (χ0) is 12.8. The summed E-state index contributed by atoms with van der Waals surface area (Å²) in [5.41, 5.74) is 0.751. The number of rotatable bonds is 5. The maximum atomic E-state index is 12.9. The van der Waals surface area contributed by atoms with Gasteiger partial charge in [0.05, 0.1) is 6.26 Å². The average molecular weight is 247 g/mol. The Kier molecular flexibility index (Phi) is 4.12. The molecule has 1 aromatic carbocycles. The van der Waals surface area contributed by atoms with Gasteiger partial charge in [-0.05, 0) is 29.8 Å². The van der Waals surface area contributed by atoms with Crippen LogP contribution in [0.4, 0.5) is 4.39 Å². The van der Waals surface area contributed by atoms with Gasteiger partial charge in [0.2, 0.25) is 5.91 Å². The summed E-state index contributed by atoms with van der Waals surface area (Å²) in [6.45, 7) is 0.342. The van der Waals surface area contributed by atoms with E-state index in [4.69, 9.17) is 4.42 Å². The molecule has 0 atom stereocenters. The molecule has 3 nitrogen and oxygen atoms in total. The molecule has 0 aliphatic rings. The Morgan fingerprint density at radius 1 is 1.28 bits per heavy atom. The van der Waals surface area contributed by atoms with Crippen LogP contribution in [0.3, 0.4) is 0 Å². The summed E-state index contributed by atoms with van der Waals surface area (Å²) in [6.07, 6.45) is 2.52. The van der Waals surface area contributed by atoms with E-state index in [1.54, 1.807) is 24.5 Å². The van der Waals surface area contributed by atoms with Gasteiger partial charge in [0.1, 0.15) is 11.6 Å². The van der Waals surface area contributed by atoms with Crippen molar-refractivity contribution in [2.75, 3.05) is 0 Å². The molecule has 0 saturated carbocycles. The molecule has 0 aliphatic carbocycles. The summed E-state index contributed by atoms with van der Waals surface area (Å²) in [7, 11) is 0. The Labute approximate surface area is 105 Å². The van der Waals surface area contributed by atoms with Crippen molar-refractivity contribution in [3.63, 3.8) is 0 Å². The van der Waals surface area contributed by atoms with Gasteiger partial charge in [0.25, 0.3) is 0 Å². The van der Waals surface area contributed by atoms with Crippen molar-refractivity contribution >= 4 is 5.91 Å². The summed E-state index contributed by atoms with van der Waals surface area (Å²) in [6, 6.07) is 9.81. The van der Waals surface area contributed by atoms with Gasteiger partial charge in [0, 0.05) is 19.4 Å². The van der Waals surface area contributed by atoms with Crippen molar-refractivity contribution in [1.29, 1.82) is 0 Å². The fourth-order valence-electron chi connectivity index (χ4n) is 1.63. The monoisotopic (exact) mass is 247 g/mol. The highest BCUT2D eigenvalue weighted by atomic mass is 19.1. The molecule has 18 heavy (non-hydrogen) atoms. The van der Waals surface area contributed by atoms with Gasteiger partial charge >= 0.3 is 0 Å². The van der Waals surface area contributed by atoms with Gasteiger partial charge in [-0.1, -0.05) is 12.1 Å². The number of carbonyl (C=O) groups excluding carboxylic acids is 1. The fraction of sp³-hybridized carbons (Fsp3) is 0.214. The predicted octanol–water partition coefficient (Wildman–Crippen LogP) is 2.67. The molecule has 0 fully saturated rings. The minimum Gasteiger partial charge on any atom is -0.469 e. The highest BCUT2D eigenvalue weighted by molar-refractivity contribution is 5.76. The van der Waals surface area contributed by atoms with Crippen molar-refractivity contribution in [3.8, 4) is 0 Å². The summed E-state index contributed by atoms with van der Waals surface area (Å²) in [5, 5.41) is 2.74. The Bertz CT molecular complexity index is 508. The lowest BCUT2D eigenvalue weighted by Gasteiger charge is -2.04. The maximum absolute atomic E-state index is 12.9. The predicted molar refractivity (Wildman–Crippen MR) is 65.3 cm³/mol. The van der Waals surface area contributed by atoms with Gasteiger partial charge in [-0.15, -0.1) is 0 Å². The molecule has 0 radical (unpaired) electrons. The van der Waals surface area contributed by atoms with Crippen LogP contribution in [0.25, 0.3) is 0 Å². The lowest BCUT2D eigenvalue weighted by atomic mass is 10.2. The van der Waals surface area contributed by atoms with Crippen LogP contribution >= 0.6 is 0 Å². The van der Waals surface area contributed by atoms with E-state index in [1.807, 2.05) is 6.07 Å². The number of aryl methyl sites for hydroxylation is 1. The molecule has 2 rings (SSSR count). The Balaban J connectivity index is 1.75. The van der Waals surface area contributed by atoms with E-state index in [-0.39, 0.29) is 11.7 Å². The SMILES string of the molecule is O=C(CCc1ccco1)NCc1cccc(F)c1. The molecule has 94 valence electrons. The lowest BCUT2D eigenvalue weighted by molar-refractivity contribution is -0.121. The largest absolute Gasteiger partial charge is 0.469 e. The molecule has 1 amide bonds. The molecule has 1 heterocycles. The van der Waals surface area contributed by atoms with E-state index in [1.165, 1.54) is 12.1 Å². The van der Waals surface area contributed by atoms with Gasteiger partial charge < -0.3 is 9.73 Å². The van der Waals surface area contributed by atoms with Gasteiger partial charge in [-0.25, -0.2) is 4.39 Å². The van der Waals surface area contributed by atoms with Gasteiger partial charge in [0.15, 0.2) is 0 Å². The van der Waals surface area contributed by atoms with Crippen molar-refractivity contribution in [2.24, 2.45) is 0 Å². The molecule has 0 unspecified atom stereocenters. The van der Waals surface area contributed by atoms with Crippen LogP contribution in [0.15, 0.2) is 47.1 Å². The summed E-state index contributed by atoms with van der Waals surface area (Å²) >= 11 is 0. The van der Waals surface area contributed by atoms with E-state index in [2.05, 4.69) is 5.32 Å².